The van der Waals surface area contributed by atoms with E-state index in [4.69, 9.17) is 23.7 Å². The van der Waals surface area contributed by atoms with Crippen LogP contribution in [0.3, 0.4) is 0 Å². The van der Waals surface area contributed by atoms with Crippen LogP contribution in [-0.2, 0) is 48.3 Å². The van der Waals surface area contributed by atoms with Gasteiger partial charge in [-0.3, -0.25) is 4.79 Å². The first kappa shape index (κ1) is 26.0. The van der Waals surface area contributed by atoms with Crippen molar-refractivity contribution in [2.75, 3.05) is 6.61 Å². The Hall–Kier alpha value is -3.07. The molecule has 5 atom stereocenters. The van der Waals surface area contributed by atoms with Gasteiger partial charge < -0.3 is 28.8 Å². The highest BCUT2D eigenvalue weighted by atomic mass is 16.7. The van der Waals surface area contributed by atoms with Crippen molar-refractivity contribution in [1.29, 1.82) is 0 Å². The molecule has 0 bridgehead atoms. The lowest BCUT2D eigenvalue weighted by Gasteiger charge is -2.48. The predicted octanol–water partition coefficient (Wildman–Crippen LogP) is 3.39. The molecule has 36 heavy (non-hydrogen) atoms. The summed E-state index contributed by atoms with van der Waals surface area (Å²) in [7, 11) is 0. The third-order valence-electron chi connectivity index (χ3n) is 5.90. The molecule has 3 aromatic rings. The number of esters is 1. The van der Waals surface area contributed by atoms with Crippen molar-refractivity contribution in [2.24, 2.45) is 0 Å². The Balaban J connectivity index is 1.57. The fourth-order valence-corrected chi connectivity index (χ4v) is 4.08. The quantitative estimate of drug-likeness (QED) is 0.380. The summed E-state index contributed by atoms with van der Waals surface area (Å²) in [5.74, 6) is -0.466. The van der Waals surface area contributed by atoms with Crippen LogP contribution < -0.4 is 5.11 Å². The second-order valence-electron chi connectivity index (χ2n) is 8.63. The zero-order valence-electron chi connectivity index (χ0n) is 20.2. The Kier molecular flexibility index (Phi) is 9.61. The molecule has 1 aliphatic heterocycles. The van der Waals surface area contributed by atoms with E-state index >= 15 is 0 Å². The maximum absolute atomic E-state index is 13.2. The van der Waals surface area contributed by atoms with Crippen molar-refractivity contribution >= 4 is 5.97 Å². The number of rotatable bonds is 11. The average molecular weight is 492 g/mol. The minimum Gasteiger partial charge on any atom is -0.829 e. The van der Waals surface area contributed by atoms with Crippen LogP contribution in [0.2, 0.25) is 0 Å². The summed E-state index contributed by atoms with van der Waals surface area (Å²) >= 11 is 0. The molecule has 0 unspecified atom stereocenters. The predicted molar refractivity (Wildman–Crippen MR) is 130 cm³/mol. The zero-order chi connectivity index (χ0) is 25.2. The molecule has 1 heterocycles. The number of hydrogen-bond donors (Lipinski definition) is 0. The molecular weight excluding hydrogens is 460 g/mol. The van der Waals surface area contributed by atoms with Gasteiger partial charge in [-0.15, -0.1) is 0 Å². The molecule has 1 saturated heterocycles. The van der Waals surface area contributed by atoms with Gasteiger partial charge in [0.2, 0.25) is 0 Å². The van der Waals surface area contributed by atoms with Crippen LogP contribution in [0.4, 0.5) is 0 Å². The monoisotopic (exact) mass is 491 g/mol. The lowest BCUT2D eigenvalue weighted by Crippen LogP contribution is -2.64. The van der Waals surface area contributed by atoms with E-state index in [2.05, 4.69) is 0 Å². The number of benzene rings is 3. The number of hydrogen-bond acceptors (Lipinski definition) is 7. The molecule has 3 aromatic carbocycles. The molecule has 190 valence electrons. The van der Waals surface area contributed by atoms with Crippen LogP contribution in [0.25, 0.3) is 0 Å². The molecular formula is C29H31O7-. The molecule has 7 heteroatoms. The zero-order valence-corrected chi connectivity index (χ0v) is 20.2. The second kappa shape index (κ2) is 13.3. The van der Waals surface area contributed by atoms with Crippen LogP contribution in [0.5, 0.6) is 0 Å². The summed E-state index contributed by atoms with van der Waals surface area (Å²) in [5, 5.41) is 13.2. The molecule has 0 aromatic heterocycles. The van der Waals surface area contributed by atoms with Crippen molar-refractivity contribution < 1.29 is 33.6 Å². The number of carbonyl (C=O) groups excluding carboxylic acids is 1. The van der Waals surface area contributed by atoms with Gasteiger partial charge >= 0.3 is 5.97 Å². The van der Waals surface area contributed by atoms with Crippen LogP contribution >= 0.6 is 0 Å². The van der Waals surface area contributed by atoms with E-state index in [-0.39, 0.29) is 26.4 Å². The van der Waals surface area contributed by atoms with Gasteiger partial charge in [0.15, 0.2) is 0 Å². The summed E-state index contributed by atoms with van der Waals surface area (Å²) in [6.45, 7) is 1.94. The van der Waals surface area contributed by atoms with Gasteiger partial charge in [0.1, 0.15) is 24.9 Å². The SMILES string of the molecule is CC(=O)OC[C@H]1O[C@H]([O-])[C@H](OCc2ccccc2)[C@@H](OCc2ccccc2)[C@@H]1OCc1ccccc1. The summed E-state index contributed by atoms with van der Waals surface area (Å²) in [6.07, 6.45) is -4.76. The van der Waals surface area contributed by atoms with E-state index in [1.807, 2.05) is 91.0 Å². The van der Waals surface area contributed by atoms with Gasteiger partial charge in [0, 0.05) is 13.2 Å². The fraction of sp³-hybridized carbons (Fsp3) is 0.345. The highest BCUT2D eigenvalue weighted by molar-refractivity contribution is 5.65. The molecule has 1 fully saturated rings. The largest absolute Gasteiger partial charge is 0.829 e. The summed E-state index contributed by atoms with van der Waals surface area (Å²) in [5.41, 5.74) is 2.83. The molecule has 1 aliphatic rings. The summed E-state index contributed by atoms with van der Waals surface area (Å²) < 4.78 is 29.6. The van der Waals surface area contributed by atoms with Crippen LogP contribution in [0, 0.1) is 0 Å². The highest BCUT2D eigenvalue weighted by Crippen LogP contribution is 2.29. The van der Waals surface area contributed by atoms with Crippen LogP contribution in [0.1, 0.15) is 23.6 Å². The lowest BCUT2D eigenvalue weighted by atomic mass is 9.98. The molecule has 0 saturated carbocycles. The molecule has 0 aliphatic carbocycles. The fourth-order valence-electron chi connectivity index (χ4n) is 4.08. The summed E-state index contributed by atoms with van der Waals surface area (Å²) in [6, 6.07) is 29.0. The van der Waals surface area contributed by atoms with Crippen molar-refractivity contribution in [3.63, 3.8) is 0 Å². The Labute approximate surface area is 211 Å². The maximum atomic E-state index is 13.2. The Morgan fingerprint density at radius 2 is 1.11 bits per heavy atom. The first-order chi connectivity index (χ1) is 17.6. The standard InChI is InChI=1S/C29H31O7/c1-21(30)32-20-25-26(33-17-22-11-5-2-6-12-22)27(34-18-23-13-7-3-8-14-23)28(29(31)36-25)35-19-24-15-9-4-10-16-24/h2-16,25-29H,17-20H2,1H3/q-1/t25-,26-,27+,28-,29+/m1/s1. The second-order valence-corrected chi connectivity index (χ2v) is 8.63. The van der Waals surface area contributed by atoms with Crippen LogP contribution in [0.15, 0.2) is 91.0 Å². The topological polar surface area (TPSA) is 86.3 Å². The first-order valence-corrected chi connectivity index (χ1v) is 12.0. The molecule has 0 amide bonds. The Morgan fingerprint density at radius 3 is 1.56 bits per heavy atom. The van der Waals surface area contributed by atoms with E-state index in [9.17, 15) is 9.90 Å². The normalized spacial score (nSPS) is 23.8. The van der Waals surface area contributed by atoms with Crippen molar-refractivity contribution in [2.45, 2.75) is 57.5 Å². The van der Waals surface area contributed by atoms with E-state index < -0.39 is 36.7 Å². The third-order valence-corrected chi connectivity index (χ3v) is 5.90. The van der Waals surface area contributed by atoms with Gasteiger partial charge in [-0.1, -0.05) is 91.0 Å². The van der Waals surface area contributed by atoms with E-state index in [0.29, 0.717) is 0 Å². The van der Waals surface area contributed by atoms with Gasteiger partial charge in [0.05, 0.1) is 25.9 Å². The third kappa shape index (κ3) is 7.46. The van der Waals surface area contributed by atoms with Crippen molar-refractivity contribution in [3.05, 3.63) is 108 Å². The molecule has 0 spiro atoms. The number of carbonyl (C=O) groups is 1. The van der Waals surface area contributed by atoms with Crippen LogP contribution in [-0.4, -0.2) is 43.3 Å². The molecule has 0 N–H and O–H groups in total. The first-order valence-electron chi connectivity index (χ1n) is 12.0. The smallest absolute Gasteiger partial charge is 0.302 e. The highest BCUT2D eigenvalue weighted by Gasteiger charge is 2.45. The average Bonchev–Trinajstić information content (AvgIpc) is 2.91. The van der Waals surface area contributed by atoms with Crippen molar-refractivity contribution in [1.82, 2.24) is 0 Å². The maximum Gasteiger partial charge on any atom is 0.302 e. The van der Waals surface area contributed by atoms with E-state index in [1.165, 1.54) is 6.92 Å². The minimum absolute atomic E-state index is 0.121. The van der Waals surface area contributed by atoms with Gasteiger partial charge in [-0.2, -0.15) is 0 Å². The Bertz CT molecular complexity index is 1040. The number of ether oxygens (including phenoxy) is 5. The molecule has 7 nitrogen and oxygen atoms in total. The lowest BCUT2D eigenvalue weighted by molar-refractivity contribution is -0.537. The van der Waals surface area contributed by atoms with E-state index in [0.717, 1.165) is 16.7 Å². The Morgan fingerprint density at radius 1 is 0.694 bits per heavy atom. The van der Waals surface area contributed by atoms with Gasteiger partial charge in [-0.25, -0.2) is 0 Å². The van der Waals surface area contributed by atoms with E-state index in [1.54, 1.807) is 0 Å². The molecule has 0 radical (unpaired) electrons. The summed E-state index contributed by atoms with van der Waals surface area (Å²) in [4.78, 5) is 11.5. The minimum atomic E-state index is -1.55. The van der Waals surface area contributed by atoms with Crippen molar-refractivity contribution in [3.8, 4) is 0 Å². The molecule has 4 rings (SSSR count). The van der Waals surface area contributed by atoms with Gasteiger partial charge in [0.25, 0.3) is 0 Å². The van der Waals surface area contributed by atoms with Gasteiger partial charge in [-0.05, 0) is 16.7 Å².